The first-order valence-corrected chi connectivity index (χ1v) is 4.96. The summed E-state index contributed by atoms with van der Waals surface area (Å²) in [4.78, 5) is 16.7. The molecular weight excluding hydrogens is 220 g/mol. The molecule has 0 atom stereocenters. The molecule has 0 aliphatic rings. The number of aromatic nitrogens is 2. The van der Waals surface area contributed by atoms with Crippen molar-refractivity contribution >= 4 is 5.78 Å². The Labute approximate surface area is 99.4 Å². The van der Waals surface area contributed by atoms with Gasteiger partial charge in [-0.05, 0) is 13.8 Å². The van der Waals surface area contributed by atoms with Crippen LogP contribution in [0.1, 0.15) is 21.7 Å². The van der Waals surface area contributed by atoms with Gasteiger partial charge in [0.05, 0.1) is 12.8 Å². The number of nitrogens with one attached hydrogen (secondary N) is 1. The minimum absolute atomic E-state index is 0.0297. The van der Waals surface area contributed by atoms with Crippen LogP contribution >= 0.6 is 0 Å². The van der Waals surface area contributed by atoms with E-state index >= 15 is 0 Å². The van der Waals surface area contributed by atoms with Crippen LogP contribution < -0.4 is 5.48 Å². The molecule has 17 heavy (non-hydrogen) atoms. The third-order valence-electron chi connectivity index (χ3n) is 2.42. The van der Waals surface area contributed by atoms with E-state index < -0.39 is 0 Å². The molecule has 6 nitrogen and oxygen atoms in total. The van der Waals surface area contributed by atoms with Crippen molar-refractivity contribution in [3.8, 4) is 6.07 Å². The number of nitriles is 1. The molecule has 0 aromatic carbocycles. The summed E-state index contributed by atoms with van der Waals surface area (Å²) in [5.74, 6) is -0.377. The molecule has 6 heteroatoms. The molecule has 1 heterocycles. The van der Waals surface area contributed by atoms with Crippen molar-refractivity contribution in [2.45, 2.75) is 13.8 Å². The number of Topliss-reactive ketones (excluding diaryl/α,β-unsaturated/α-hetero) is 1. The summed E-state index contributed by atoms with van der Waals surface area (Å²) < 4.78 is 1.48. The van der Waals surface area contributed by atoms with Gasteiger partial charge >= 0.3 is 0 Å². The van der Waals surface area contributed by atoms with Gasteiger partial charge in [-0.25, -0.2) is 0 Å². The van der Waals surface area contributed by atoms with Crippen molar-refractivity contribution < 1.29 is 9.63 Å². The van der Waals surface area contributed by atoms with Gasteiger partial charge in [0.15, 0.2) is 0 Å². The molecule has 1 N–H and O–H groups in total. The maximum absolute atomic E-state index is 12.1. The Hall–Kier alpha value is -2.13. The second-order valence-electron chi connectivity index (χ2n) is 3.50. The molecule has 1 aromatic rings. The Balaban J connectivity index is 3.16. The third kappa shape index (κ3) is 2.52. The van der Waals surface area contributed by atoms with Crippen LogP contribution in [-0.2, 0) is 11.9 Å². The number of nitrogens with zero attached hydrogens (tertiary/aromatic N) is 3. The number of ketones is 1. The monoisotopic (exact) mass is 234 g/mol. The van der Waals surface area contributed by atoms with Crippen LogP contribution in [0.15, 0.2) is 11.8 Å². The zero-order valence-electron chi connectivity index (χ0n) is 10.2. The van der Waals surface area contributed by atoms with Gasteiger partial charge in [0.1, 0.15) is 17.3 Å². The minimum Gasteiger partial charge on any atom is -0.286 e. The highest BCUT2D eigenvalue weighted by Crippen LogP contribution is 2.15. The summed E-state index contributed by atoms with van der Waals surface area (Å²) in [5, 5.41) is 13.0. The number of allylic oxidation sites excluding steroid dienone is 1. The molecule has 0 spiro atoms. The first-order valence-electron chi connectivity index (χ1n) is 4.96. The fourth-order valence-electron chi connectivity index (χ4n) is 1.48. The lowest BCUT2D eigenvalue weighted by Crippen LogP contribution is -2.13. The largest absolute Gasteiger partial charge is 0.286 e. The lowest BCUT2D eigenvalue weighted by molar-refractivity contribution is 0.101. The Kier molecular flexibility index (Phi) is 4.01. The standard InChI is InChI=1S/C11H14N4O2/c1-7-8(2)14-15(3)10(7)11(16)9(5-12)6-13-17-4/h6,13H,1-4H3/b9-6+. The molecule has 0 saturated heterocycles. The lowest BCUT2D eigenvalue weighted by atomic mass is 10.1. The molecule has 0 saturated carbocycles. The predicted octanol–water partition coefficient (Wildman–Crippen LogP) is 0.778. The molecule has 0 aliphatic heterocycles. The van der Waals surface area contributed by atoms with Crippen molar-refractivity contribution in [2.24, 2.45) is 7.05 Å². The number of hydrogen-bond donors (Lipinski definition) is 1. The molecule has 0 amide bonds. The van der Waals surface area contributed by atoms with E-state index in [2.05, 4.69) is 15.4 Å². The van der Waals surface area contributed by atoms with Crippen molar-refractivity contribution in [3.63, 3.8) is 0 Å². The van der Waals surface area contributed by atoms with Crippen LogP contribution in [0.2, 0.25) is 0 Å². The SMILES string of the molecule is CON/C=C(\C#N)C(=O)c1c(C)c(C)nn1C. The molecule has 0 unspecified atom stereocenters. The summed E-state index contributed by atoms with van der Waals surface area (Å²) >= 11 is 0. The first kappa shape index (κ1) is 12.9. The molecular formula is C11H14N4O2. The highest BCUT2D eigenvalue weighted by molar-refractivity contribution is 6.11. The number of carbonyl (C=O) groups is 1. The molecule has 0 radical (unpaired) electrons. The molecule has 90 valence electrons. The summed E-state index contributed by atoms with van der Waals surface area (Å²) in [6.07, 6.45) is 1.23. The fraction of sp³-hybridized carbons (Fsp3) is 0.364. The van der Waals surface area contributed by atoms with Gasteiger partial charge in [0.25, 0.3) is 0 Å². The van der Waals surface area contributed by atoms with Crippen LogP contribution in [-0.4, -0.2) is 22.7 Å². The van der Waals surface area contributed by atoms with Crippen LogP contribution in [0.25, 0.3) is 0 Å². The summed E-state index contributed by atoms with van der Waals surface area (Å²) in [6.45, 7) is 3.61. The zero-order chi connectivity index (χ0) is 13.0. The van der Waals surface area contributed by atoms with Gasteiger partial charge in [-0.1, -0.05) is 0 Å². The van der Waals surface area contributed by atoms with Crippen LogP contribution in [0.4, 0.5) is 0 Å². The van der Waals surface area contributed by atoms with Crippen LogP contribution in [0.5, 0.6) is 0 Å². The van der Waals surface area contributed by atoms with Gasteiger partial charge in [0, 0.05) is 18.8 Å². The number of aryl methyl sites for hydroxylation is 2. The van der Waals surface area contributed by atoms with Crippen molar-refractivity contribution in [1.29, 1.82) is 5.26 Å². The Morgan fingerprint density at radius 2 is 2.24 bits per heavy atom. The maximum atomic E-state index is 12.1. The average Bonchev–Trinajstić information content (AvgIpc) is 2.54. The molecule has 0 fully saturated rings. The Morgan fingerprint density at radius 1 is 1.59 bits per heavy atom. The van der Waals surface area contributed by atoms with Crippen LogP contribution in [0, 0.1) is 25.2 Å². The Bertz CT molecular complexity index is 508. The van der Waals surface area contributed by atoms with E-state index in [0.717, 1.165) is 11.3 Å². The van der Waals surface area contributed by atoms with E-state index in [1.165, 1.54) is 18.0 Å². The average molecular weight is 234 g/mol. The van der Waals surface area contributed by atoms with Gasteiger partial charge in [-0.15, -0.1) is 0 Å². The number of hydrogen-bond acceptors (Lipinski definition) is 5. The lowest BCUT2D eigenvalue weighted by Gasteiger charge is -2.02. The highest BCUT2D eigenvalue weighted by Gasteiger charge is 2.20. The van der Waals surface area contributed by atoms with Gasteiger partial charge < -0.3 is 0 Å². The van der Waals surface area contributed by atoms with E-state index in [9.17, 15) is 4.79 Å². The first-order chi connectivity index (χ1) is 8.02. The van der Waals surface area contributed by atoms with E-state index in [1.54, 1.807) is 14.0 Å². The summed E-state index contributed by atoms with van der Waals surface area (Å²) in [7, 11) is 3.07. The maximum Gasteiger partial charge on any atom is 0.223 e. The Morgan fingerprint density at radius 3 is 2.65 bits per heavy atom. The second kappa shape index (κ2) is 5.27. The summed E-state index contributed by atoms with van der Waals surface area (Å²) in [6, 6.07) is 1.83. The fourth-order valence-corrected chi connectivity index (χ4v) is 1.48. The van der Waals surface area contributed by atoms with E-state index in [4.69, 9.17) is 5.26 Å². The summed E-state index contributed by atoms with van der Waals surface area (Å²) in [5.41, 5.74) is 4.29. The molecule has 1 aromatic heterocycles. The number of carbonyl (C=O) groups excluding carboxylic acids is 1. The van der Waals surface area contributed by atoms with E-state index in [1.807, 2.05) is 13.0 Å². The van der Waals surface area contributed by atoms with Gasteiger partial charge in [-0.3, -0.25) is 19.8 Å². The smallest absolute Gasteiger partial charge is 0.223 e. The van der Waals surface area contributed by atoms with Gasteiger partial charge in [0.2, 0.25) is 5.78 Å². The van der Waals surface area contributed by atoms with Crippen LogP contribution in [0.3, 0.4) is 0 Å². The van der Waals surface area contributed by atoms with Crippen molar-refractivity contribution in [1.82, 2.24) is 15.3 Å². The van der Waals surface area contributed by atoms with E-state index in [-0.39, 0.29) is 11.4 Å². The highest BCUT2D eigenvalue weighted by atomic mass is 16.6. The normalized spacial score (nSPS) is 11.1. The third-order valence-corrected chi connectivity index (χ3v) is 2.42. The zero-order valence-corrected chi connectivity index (χ0v) is 10.2. The van der Waals surface area contributed by atoms with Crippen molar-refractivity contribution in [2.75, 3.05) is 7.11 Å². The second-order valence-corrected chi connectivity index (χ2v) is 3.50. The van der Waals surface area contributed by atoms with Crippen molar-refractivity contribution in [3.05, 3.63) is 28.7 Å². The number of hydroxylamine groups is 1. The van der Waals surface area contributed by atoms with E-state index in [0.29, 0.717) is 5.69 Å². The molecule has 0 bridgehead atoms. The topological polar surface area (TPSA) is 79.9 Å². The quantitative estimate of drug-likeness (QED) is 0.360. The minimum atomic E-state index is -0.377. The van der Waals surface area contributed by atoms with Gasteiger partial charge in [-0.2, -0.15) is 10.4 Å². The number of rotatable bonds is 4. The molecule has 0 aliphatic carbocycles. The molecule has 1 rings (SSSR count). The predicted molar refractivity (Wildman–Crippen MR) is 60.9 cm³/mol.